The summed E-state index contributed by atoms with van der Waals surface area (Å²) in [7, 11) is 0. The second-order valence-corrected chi connectivity index (χ2v) is 6.70. The number of amides is 2. The van der Waals surface area contributed by atoms with Crippen molar-refractivity contribution in [2.75, 3.05) is 13.1 Å². The van der Waals surface area contributed by atoms with Gasteiger partial charge in [0.25, 0.3) is 0 Å². The van der Waals surface area contributed by atoms with E-state index in [0.29, 0.717) is 18.3 Å². The van der Waals surface area contributed by atoms with Gasteiger partial charge in [0, 0.05) is 50.3 Å². The van der Waals surface area contributed by atoms with Crippen LogP contribution in [-0.4, -0.2) is 53.3 Å². The second-order valence-electron chi connectivity index (χ2n) is 6.70. The molecular weight excluding hydrogens is 344 g/mol. The Hall–Kier alpha value is -3.23. The average Bonchev–Trinajstić information content (AvgIpc) is 3.41. The van der Waals surface area contributed by atoms with E-state index < -0.39 is 0 Å². The number of piperidine rings is 1. The summed E-state index contributed by atoms with van der Waals surface area (Å²) in [6, 6.07) is 3.74. The van der Waals surface area contributed by atoms with E-state index in [1.54, 1.807) is 23.4 Å². The highest BCUT2D eigenvalue weighted by atomic mass is 16.2. The van der Waals surface area contributed by atoms with Crippen molar-refractivity contribution in [3.05, 3.63) is 55.3 Å². The first-order chi connectivity index (χ1) is 13.3. The van der Waals surface area contributed by atoms with Crippen LogP contribution in [0.1, 0.15) is 18.4 Å². The van der Waals surface area contributed by atoms with Crippen molar-refractivity contribution in [2.24, 2.45) is 5.92 Å². The van der Waals surface area contributed by atoms with Crippen molar-refractivity contribution in [3.8, 4) is 5.82 Å². The largest absolute Gasteiger partial charge is 0.337 e. The normalized spacial score (nSPS) is 17.0. The summed E-state index contributed by atoms with van der Waals surface area (Å²) < 4.78 is 3.68. The molecule has 0 aliphatic carbocycles. The van der Waals surface area contributed by atoms with Crippen LogP contribution in [0.4, 0.5) is 4.79 Å². The van der Waals surface area contributed by atoms with Crippen molar-refractivity contribution >= 4 is 6.03 Å². The Bertz CT molecular complexity index is 861. The van der Waals surface area contributed by atoms with Crippen LogP contribution in [0.15, 0.2) is 49.7 Å². The molecule has 1 atom stereocenters. The van der Waals surface area contributed by atoms with Gasteiger partial charge in [-0.05, 0) is 24.8 Å². The maximum atomic E-state index is 12.7. The average molecular weight is 366 g/mol. The van der Waals surface area contributed by atoms with E-state index in [2.05, 4.69) is 29.9 Å². The number of hydrogen-bond acceptors (Lipinski definition) is 5. The minimum absolute atomic E-state index is 0.0428. The van der Waals surface area contributed by atoms with E-state index in [9.17, 15) is 4.79 Å². The third kappa shape index (κ3) is 4.13. The number of nitrogens with zero attached hydrogens (tertiary/aromatic N) is 7. The monoisotopic (exact) mass is 366 g/mol. The van der Waals surface area contributed by atoms with Crippen molar-refractivity contribution in [2.45, 2.75) is 25.9 Å². The molecule has 27 heavy (non-hydrogen) atoms. The molecule has 3 aromatic heterocycles. The molecule has 0 radical (unpaired) electrons. The highest BCUT2D eigenvalue weighted by Crippen LogP contribution is 2.18. The fraction of sp³-hybridized carbons (Fsp3) is 0.389. The van der Waals surface area contributed by atoms with Crippen molar-refractivity contribution in [1.29, 1.82) is 0 Å². The minimum Gasteiger partial charge on any atom is -0.337 e. The first kappa shape index (κ1) is 17.2. The van der Waals surface area contributed by atoms with Gasteiger partial charge in [0.05, 0.1) is 6.33 Å². The summed E-state index contributed by atoms with van der Waals surface area (Å²) >= 11 is 0. The van der Waals surface area contributed by atoms with E-state index in [0.717, 1.165) is 38.0 Å². The lowest BCUT2D eigenvalue weighted by Crippen LogP contribution is -2.46. The molecule has 0 saturated carbocycles. The summed E-state index contributed by atoms with van der Waals surface area (Å²) in [5.74, 6) is 1.12. The fourth-order valence-electron chi connectivity index (χ4n) is 3.47. The second kappa shape index (κ2) is 7.98. The predicted molar refractivity (Wildman–Crippen MR) is 97.9 cm³/mol. The molecular formula is C18H22N8O. The van der Waals surface area contributed by atoms with Crippen molar-refractivity contribution < 1.29 is 4.79 Å². The lowest BCUT2D eigenvalue weighted by atomic mass is 9.98. The molecule has 4 rings (SSSR count). The topological polar surface area (TPSA) is 93.8 Å². The number of imidazole rings is 1. The van der Waals surface area contributed by atoms with E-state index in [-0.39, 0.29) is 6.03 Å². The number of carbonyl (C=O) groups is 1. The van der Waals surface area contributed by atoms with Gasteiger partial charge in [-0.1, -0.05) is 6.07 Å². The van der Waals surface area contributed by atoms with Crippen LogP contribution in [0.2, 0.25) is 0 Å². The van der Waals surface area contributed by atoms with E-state index >= 15 is 0 Å². The summed E-state index contributed by atoms with van der Waals surface area (Å²) in [5, 5.41) is 7.14. The third-order valence-electron chi connectivity index (χ3n) is 4.77. The van der Waals surface area contributed by atoms with Gasteiger partial charge in [-0.25, -0.2) is 24.4 Å². The number of pyridine rings is 1. The van der Waals surface area contributed by atoms with Gasteiger partial charge in [-0.15, -0.1) is 0 Å². The van der Waals surface area contributed by atoms with Crippen LogP contribution in [0.5, 0.6) is 0 Å². The Morgan fingerprint density at radius 3 is 3.04 bits per heavy atom. The first-order valence-electron chi connectivity index (χ1n) is 9.07. The smallest absolute Gasteiger partial charge is 0.317 e. The third-order valence-corrected chi connectivity index (χ3v) is 4.77. The van der Waals surface area contributed by atoms with Crippen LogP contribution in [0.3, 0.4) is 0 Å². The Labute approximate surface area is 157 Å². The van der Waals surface area contributed by atoms with Crippen molar-refractivity contribution in [3.63, 3.8) is 0 Å². The number of nitrogens with one attached hydrogen (secondary N) is 1. The number of aromatic nitrogens is 6. The molecule has 3 aromatic rings. The summed E-state index contributed by atoms with van der Waals surface area (Å²) in [4.78, 5) is 27.0. The summed E-state index contributed by atoms with van der Waals surface area (Å²) in [6.07, 6.45) is 12.5. The number of likely N-dealkylation sites (tertiary alicyclic amines) is 1. The molecule has 9 nitrogen and oxygen atoms in total. The maximum absolute atomic E-state index is 12.7. The van der Waals surface area contributed by atoms with Gasteiger partial charge >= 0.3 is 6.03 Å². The zero-order valence-electron chi connectivity index (χ0n) is 15.0. The van der Waals surface area contributed by atoms with Gasteiger partial charge in [0.2, 0.25) is 0 Å². The zero-order valence-corrected chi connectivity index (χ0v) is 15.0. The van der Waals surface area contributed by atoms with Gasteiger partial charge in [-0.2, -0.15) is 5.10 Å². The van der Waals surface area contributed by atoms with Crippen LogP contribution in [-0.2, 0) is 13.1 Å². The quantitative estimate of drug-likeness (QED) is 0.738. The molecule has 0 unspecified atom stereocenters. The molecule has 1 aliphatic rings. The molecule has 1 fully saturated rings. The molecule has 2 amide bonds. The summed E-state index contributed by atoms with van der Waals surface area (Å²) in [5.41, 5.74) is 0.892. The number of carbonyl (C=O) groups excluding carboxylic acids is 1. The molecule has 4 heterocycles. The molecule has 0 bridgehead atoms. The first-order valence-corrected chi connectivity index (χ1v) is 9.07. The van der Waals surface area contributed by atoms with Crippen LogP contribution in [0, 0.1) is 5.92 Å². The van der Waals surface area contributed by atoms with E-state index in [1.807, 2.05) is 29.6 Å². The van der Waals surface area contributed by atoms with Crippen LogP contribution in [0.25, 0.3) is 5.82 Å². The molecule has 1 saturated heterocycles. The standard InChI is InChI=1S/C18H22N8O/c27-18(25-7-2-3-15(11-25)10-24-8-6-19-13-24)22-9-16-4-1-5-21-17(16)26-14-20-12-23-26/h1,4-6,8,12-15H,2-3,7,9-11H2,(H,22,27)/t15-/m0/s1. The van der Waals surface area contributed by atoms with Crippen LogP contribution < -0.4 is 5.32 Å². The lowest BCUT2D eigenvalue weighted by Gasteiger charge is -2.33. The number of hydrogen-bond donors (Lipinski definition) is 1. The highest BCUT2D eigenvalue weighted by Gasteiger charge is 2.24. The predicted octanol–water partition coefficient (Wildman–Crippen LogP) is 1.48. The summed E-state index contributed by atoms with van der Waals surface area (Å²) in [6.45, 7) is 2.83. The number of urea groups is 1. The SMILES string of the molecule is O=C(NCc1cccnc1-n1cncn1)N1CCC[C@@H](Cn2ccnc2)C1. The zero-order chi connectivity index (χ0) is 18.5. The lowest BCUT2D eigenvalue weighted by molar-refractivity contribution is 0.159. The molecule has 1 aliphatic heterocycles. The Morgan fingerprint density at radius 1 is 1.26 bits per heavy atom. The minimum atomic E-state index is -0.0428. The maximum Gasteiger partial charge on any atom is 0.317 e. The molecule has 0 aromatic carbocycles. The van der Waals surface area contributed by atoms with Gasteiger partial charge < -0.3 is 14.8 Å². The van der Waals surface area contributed by atoms with Gasteiger partial charge in [0.1, 0.15) is 12.7 Å². The van der Waals surface area contributed by atoms with Gasteiger partial charge in [0.15, 0.2) is 5.82 Å². The molecule has 140 valence electrons. The van der Waals surface area contributed by atoms with E-state index in [1.165, 1.54) is 6.33 Å². The molecule has 9 heteroatoms. The number of rotatable bonds is 5. The highest BCUT2D eigenvalue weighted by molar-refractivity contribution is 5.74. The molecule has 1 N–H and O–H groups in total. The molecule has 0 spiro atoms. The van der Waals surface area contributed by atoms with Gasteiger partial charge in [-0.3, -0.25) is 0 Å². The Morgan fingerprint density at radius 2 is 2.22 bits per heavy atom. The Balaban J connectivity index is 1.36. The van der Waals surface area contributed by atoms with E-state index in [4.69, 9.17) is 0 Å². The van der Waals surface area contributed by atoms with Crippen molar-refractivity contribution in [1.82, 2.24) is 39.5 Å². The van der Waals surface area contributed by atoms with Crippen LogP contribution >= 0.6 is 0 Å². The fourth-order valence-corrected chi connectivity index (χ4v) is 3.47. The Kier molecular flexibility index (Phi) is 5.08.